The summed E-state index contributed by atoms with van der Waals surface area (Å²) in [4.78, 5) is 1.00. The lowest BCUT2D eigenvalue weighted by Gasteiger charge is -2.11. The Balaban J connectivity index is 1.83. The number of rotatable bonds is 4. The molecule has 0 bridgehead atoms. The summed E-state index contributed by atoms with van der Waals surface area (Å²) in [6, 6.07) is 18.3. The molecule has 0 aliphatic heterocycles. The molecule has 1 heterocycles. The predicted molar refractivity (Wildman–Crippen MR) is 102 cm³/mol. The quantitative estimate of drug-likeness (QED) is 0.514. The fourth-order valence-electron chi connectivity index (χ4n) is 2.19. The minimum atomic E-state index is -0.605. The maximum atomic E-state index is 9.53. The maximum absolute atomic E-state index is 9.53. The van der Waals surface area contributed by atoms with E-state index >= 15 is 0 Å². The molecule has 0 aliphatic carbocycles. The highest BCUT2D eigenvalue weighted by Crippen LogP contribution is 2.32. The van der Waals surface area contributed by atoms with Gasteiger partial charge in [-0.3, -0.25) is 0 Å². The number of nitrogens with zero attached hydrogens (tertiary/aromatic N) is 3. The van der Waals surface area contributed by atoms with Gasteiger partial charge in [0, 0.05) is 20.0 Å². The van der Waals surface area contributed by atoms with Crippen LogP contribution in [0.25, 0.3) is 0 Å². The minimum absolute atomic E-state index is 0.431. The summed E-state index contributed by atoms with van der Waals surface area (Å²) in [6.45, 7) is 0. The van der Waals surface area contributed by atoms with Gasteiger partial charge in [-0.05, 0) is 54.1 Å². The van der Waals surface area contributed by atoms with Crippen molar-refractivity contribution >= 4 is 46.6 Å². The van der Waals surface area contributed by atoms with Gasteiger partial charge in [-0.25, -0.2) is 0 Å². The second kappa shape index (κ2) is 8.07. The van der Waals surface area contributed by atoms with Crippen LogP contribution in [0.15, 0.2) is 64.5 Å². The van der Waals surface area contributed by atoms with Gasteiger partial charge in [-0.2, -0.15) is 10.4 Å². The van der Waals surface area contributed by atoms with E-state index in [9.17, 15) is 5.26 Å². The van der Waals surface area contributed by atoms with Crippen LogP contribution in [0.2, 0.25) is 15.1 Å². The third-order valence-corrected chi connectivity index (χ3v) is 5.14. The number of hydrogen-bond donors (Lipinski definition) is 0. The van der Waals surface area contributed by atoms with Gasteiger partial charge in [-0.1, -0.05) is 52.6 Å². The fourth-order valence-corrected chi connectivity index (χ4v) is 3.57. The molecule has 0 unspecified atom stereocenters. The minimum Gasteiger partial charge on any atom is -0.197 e. The Bertz CT molecular complexity index is 922. The molecule has 3 rings (SSSR count). The molecule has 0 saturated carbocycles. The lowest BCUT2D eigenvalue weighted by molar-refractivity contribution is 0.837. The lowest BCUT2D eigenvalue weighted by atomic mass is 9.97. The second-order valence-electron chi connectivity index (χ2n) is 5.08. The highest BCUT2D eigenvalue weighted by molar-refractivity contribution is 7.99. The van der Waals surface area contributed by atoms with Crippen LogP contribution in [0, 0.1) is 11.3 Å². The molecule has 0 aliphatic rings. The first kappa shape index (κ1) is 18.0. The number of aromatic nitrogens is 2. The summed E-state index contributed by atoms with van der Waals surface area (Å²) < 4.78 is 0. The van der Waals surface area contributed by atoms with Crippen LogP contribution in [0.1, 0.15) is 17.2 Å². The molecule has 0 saturated heterocycles. The Morgan fingerprint density at radius 1 is 0.880 bits per heavy atom. The highest BCUT2D eigenvalue weighted by Gasteiger charge is 2.19. The van der Waals surface area contributed by atoms with Crippen molar-refractivity contribution in [2.75, 3.05) is 0 Å². The van der Waals surface area contributed by atoms with E-state index in [4.69, 9.17) is 34.8 Å². The van der Waals surface area contributed by atoms with Crippen molar-refractivity contribution in [1.29, 1.82) is 5.26 Å². The molecule has 0 spiro atoms. The molecule has 3 nitrogen and oxygen atoms in total. The third-order valence-electron chi connectivity index (χ3n) is 3.40. The zero-order valence-electron chi connectivity index (χ0n) is 12.7. The number of benzene rings is 2. The van der Waals surface area contributed by atoms with Gasteiger partial charge >= 0.3 is 0 Å². The molecule has 0 amide bonds. The van der Waals surface area contributed by atoms with E-state index in [-0.39, 0.29) is 0 Å². The van der Waals surface area contributed by atoms with Gasteiger partial charge in [0.2, 0.25) is 0 Å². The molecule has 2 aromatic carbocycles. The highest BCUT2D eigenvalue weighted by atomic mass is 35.5. The molecule has 1 atom stereocenters. The molecular weight excluding hydrogens is 397 g/mol. The molecule has 0 N–H and O–H groups in total. The summed E-state index contributed by atoms with van der Waals surface area (Å²) in [5.74, 6) is -0.605. The number of hydrogen-bond acceptors (Lipinski definition) is 4. The van der Waals surface area contributed by atoms with E-state index in [1.807, 2.05) is 30.3 Å². The van der Waals surface area contributed by atoms with E-state index < -0.39 is 5.92 Å². The molecule has 0 fully saturated rings. The summed E-state index contributed by atoms with van der Waals surface area (Å²) >= 11 is 19.5. The summed E-state index contributed by atoms with van der Waals surface area (Å²) in [6.07, 6.45) is 0. The van der Waals surface area contributed by atoms with Crippen molar-refractivity contribution in [1.82, 2.24) is 10.2 Å². The van der Waals surface area contributed by atoms with Gasteiger partial charge in [0.15, 0.2) is 0 Å². The summed E-state index contributed by atoms with van der Waals surface area (Å²) in [5.41, 5.74) is 1.19. The van der Waals surface area contributed by atoms with Crippen LogP contribution >= 0.6 is 46.6 Å². The molecule has 25 heavy (non-hydrogen) atoms. The van der Waals surface area contributed by atoms with Crippen molar-refractivity contribution < 1.29 is 0 Å². The van der Waals surface area contributed by atoms with Crippen LogP contribution in [0.4, 0.5) is 0 Å². The molecule has 0 radical (unpaired) electrons. The van der Waals surface area contributed by atoms with Gasteiger partial charge in [0.25, 0.3) is 0 Å². The number of halogens is 3. The van der Waals surface area contributed by atoms with Gasteiger partial charge in [-0.15, -0.1) is 5.10 Å². The van der Waals surface area contributed by atoms with E-state index in [0.29, 0.717) is 26.3 Å². The average molecular weight is 407 g/mol. The Kier molecular flexibility index (Phi) is 5.82. The largest absolute Gasteiger partial charge is 0.197 e. The molecule has 124 valence electrons. The van der Waals surface area contributed by atoms with Crippen molar-refractivity contribution in [3.8, 4) is 6.07 Å². The Labute approximate surface area is 164 Å². The normalized spacial score (nSPS) is 11.8. The van der Waals surface area contributed by atoms with E-state index in [2.05, 4.69) is 16.3 Å². The van der Waals surface area contributed by atoms with Crippen LogP contribution < -0.4 is 0 Å². The molecule has 7 heteroatoms. The standard InChI is InChI=1S/C18H10Cl3N3S/c19-11-1-4-13(5-2-11)25-18-8-7-17(23-24-18)15(10-22)14-6-3-12(20)9-16(14)21/h1-9,15H/t15-/m1/s1. The third kappa shape index (κ3) is 4.45. The first-order chi connectivity index (χ1) is 12.1. The van der Waals surface area contributed by atoms with E-state index in [1.54, 1.807) is 24.3 Å². The smallest absolute Gasteiger partial charge is 0.124 e. The fraction of sp³-hybridized carbons (Fsp3) is 0.0556. The Morgan fingerprint density at radius 3 is 2.20 bits per heavy atom. The van der Waals surface area contributed by atoms with Crippen molar-refractivity contribution in [2.45, 2.75) is 15.8 Å². The molecular formula is C18H10Cl3N3S. The van der Waals surface area contributed by atoms with E-state index in [1.165, 1.54) is 11.8 Å². The first-order valence-corrected chi connectivity index (χ1v) is 9.13. The Hall–Kier alpha value is -1.77. The van der Waals surface area contributed by atoms with Crippen LogP contribution in [0.5, 0.6) is 0 Å². The lowest BCUT2D eigenvalue weighted by Crippen LogP contribution is -2.03. The van der Waals surface area contributed by atoms with Crippen LogP contribution in [0.3, 0.4) is 0 Å². The predicted octanol–water partition coefficient (Wildman–Crippen LogP) is 6.24. The van der Waals surface area contributed by atoms with Crippen molar-refractivity contribution in [3.05, 3.63) is 80.9 Å². The van der Waals surface area contributed by atoms with Crippen molar-refractivity contribution in [2.24, 2.45) is 0 Å². The monoisotopic (exact) mass is 405 g/mol. The average Bonchev–Trinajstić information content (AvgIpc) is 2.61. The van der Waals surface area contributed by atoms with Gasteiger partial charge < -0.3 is 0 Å². The van der Waals surface area contributed by atoms with Crippen molar-refractivity contribution in [3.63, 3.8) is 0 Å². The van der Waals surface area contributed by atoms with E-state index in [0.717, 1.165) is 9.92 Å². The first-order valence-electron chi connectivity index (χ1n) is 7.18. The van der Waals surface area contributed by atoms with Crippen LogP contribution in [-0.4, -0.2) is 10.2 Å². The molecule has 1 aromatic heterocycles. The zero-order chi connectivity index (χ0) is 17.8. The summed E-state index contributed by atoms with van der Waals surface area (Å²) in [5, 5.41) is 20.3. The number of nitriles is 1. The topological polar surface area (TPSA) is 49.6 Å². The Morgan fingerprint density at radius 2 is 1.60 bits per heavy atom. The summed E-state index contributed by atoms with van der Waals surface area (Å²) in [7, 11) is 0. The second-order valence-corrected chi connectivity index (χ2v) is 7.45. The maximum Gasteiger partial charge on any atom is 0.124 e. The van der Waals surface area contributed by atoms with Gasteiger partial charge in [0.1, 0.15) is 10.9 Å². The zero-order valence-corrected chi connectivity index (χ0v) is 15.7. The SMILES string of the molecule is N#C[C@@H](c1ccc(Sc2ccc(Cl)cc2)nn1)c1ccc(Cl)cc1Cl. The molecule has 3 aromatic rings. The van der Waals surface area contributed by atoms with Crippen LogP contribution in [-0.2, 0) is 0 Å². The van der Waals surface area contributed by atoms with Gasteiger partial charge in [0.05, 0.1) is 11.8 Å².